The maximum Gasteiger partial charge on any atom is 0.269 e. The van der Waals surface area contributed by atoms with Crippen LogP contribution in [0.2, 0.25) is 0 Å². The minimum atomic E-state index is -0.0967. The number of methoxy groups -OCH3 is 1. The number of ether oxygens (including phenoxy) is 1. The molecule has 0 spiro atoms. The van der Waals surface area contributed by atoms with Crippen LogP contribution in [-0.2, 0) is 7.05 Å². The predicted molar refractivity (Wildman–Crippen MR) is 115 cm³/mol. The van der Waals surface area contributed by atoms with E-state index < -0.39 is 0 Å². The van der Waals surface area contributed by atoms with Crippen LogP contribution in [-0.4, -0.2) is 47.4 Å². The third-order valence-corrected chi connectivity index (χ3v) is 6.07. The summed E-state index contributed by atoms with van der Waals surface area (Å²) in [5.41, 5.74) is 2.23. The number of nitrogens with zero attached hydrogens (tertiary/aromatic N) is 4. The Labute approximate surface area is 174 Å². The number of benzene rings is 1. The second-order valence-corrected chi connectivity index (χ2v) is 8.12. The van der Waals surface area contributed by atoms with Gasteiger partial charge >= 0.3 is 0 Å². The summed E-state index contributed by atoms with van der Waals surface area (Å²) in [5, 5.41) is 10.7. The van der Waals surface area contributed by atoms with Crippen molar-refractivity contribution >= 4 is 22.4 Å². The van der Waals surface area contributed by atoms with E-state index in [0.29, 0.717) is 18.2 Å². The topological polar surface area (TPSA) is 72.3 Å². The van der Waals surface area contributed by atoms with E-state index in [4.69, 9.17) is 4.74 Å². The Hall–Kier alpha value is -2.87. The van der Waals surface area contributed by atoms with Gasteiger partial charge in [0, 0.05) is 43.8 Å². The fraction of sp³-hybridized carbons (Fsp3) is 0.381. The van der Waals surface area contributed by atoms with Gasteiger partial charge in [0.05, 0.1) is 12.8 Å². The number of amides is 1. The molecule has 1 N–H and O–H groups in total. The van der Waals surface area contributed by atoms with Crippen molar-refractivity contribution in [2.75, 3.05) is 31.6 Å². The second kappa shape index (κ2) is 8.65. The van der Waals surface area contributed by atoms with Crippen molar-refractivity contribution in [1.29, 1.82) is 0 Å². The van der Waals surface area contributed by atoms with Crippen molar-refractivity contribution < 1.29 is 9.53 Å². The van der Waals surface area contributed by atoms with Crippen LogP contribution in [0, 0.1) is 5.92 Å². The summed E-state index contributed by atoms with van der Waals surface area (Å²) in [6.45, 7) is 2.61. The molecule has 1 atom stereocenters. The number of rotatable bonds is 6. The standard InChI is InChI=1S/C21H25N5O2S/c1-25-19(12-18(24-25)16-6-3-7-17(11-16)28-2)20(27)23-13-15-5-4-9-26(14-15)21-22-8-10-29-21/h3,6-8,10-12,15H,4-5,9,13-14H2,1-2H3,(H,23,27). The molecule has 7 nitrogen and oxygen atoms in total. The first-order valence-electron chi connectivity index (χ1n) is 9.75. The molecular formula is C21H25N5O2S. The first-order chi connectivity index (χ1) is 14.1. The van der Waals surface area contributed by atoms with E-state index in [9.17, 15) is 4.79 Å². The lowest BCUT2D eigenvalue weighted by Gasteiger charge is -2.32. The van der Waals surface area contributed by atoms with Gasteiger partial charge in [0.1, 0.15) is 11.4 Å². The average molecular weight is 412 g/mol. The fourth-order valence-corrected chi connectivity index (χ4v) is 4.39. The van der Waals surface area contributed by atoms with E-state index in [1.807, 2.05) is 41.9 Å². The Morgan fingerprint density at radius 2 is 2.28 bits per heavy atom. The van der Waals surface area contributed by atoms with Crippen LogP contribution in [0.25, 0.3) is 11.3 Å². The zero-order chi connectivity index (χ0) is 20.2. The van der Waals surface area contributed by atoms with Gasteiger partial charge in [-0.1, -0.05) is 12.1 Å². The predicted octanol–water partition coefficient (Wildman–Crippen LogP) is 3.20. The summed E-state index contributed by atoms with van der Waals surface area (Å²) >= 11 is 1.66. The molecule has 2 aromatic heterocycles. The molecule has 1 aliphatic heterocycles. The van der Waals surface area contributed by atoms with Crippen molar-refractivity contribution in [1.82, 2.24) is 20.1 Å². The van der Waals surface area contributed by atoms with Gasteiger partial charge < -0.3 is 15.0 Å². The Kier molecular flexibility index (Phi) is 5.80. The van der Waals surface area contributed by atoms with Gasteiger partial charge in [0.15, 0.2) is 5.13 Å². The maximum absolute atomic E-state index is 12.8. The van der Waals surface area contributed by atoms with Gasteiger partial charge in [0.2, 0.25) is 0 Å². The zero-order valence-corrected chi connectivity index (χ0v) is 17.5. The number of carbonyl (C=O) groups excluding carboxylic acids is 1. The van der Waals surface area contributed by atoms with Crippen LogP contribution in [0.1, 0.15) is 23.3 Å². The first-order valence-corrected chi connectivity index (χ1v) is 10.6. The molecule has 3 heterocycles. The monoisotopic (exact) mass is 411 g/mol. The van der Waals surface area contributed by atoms with Gasteiger partial charge in [-0.25, -0.2) is 4.98 Å². The highest BCUT2D eigenvalue weighted by atomic mass is 32.1. The highest BCUT2D eigenvalue weighted by Crippen LogP contribution is 2.25. The lowest BCUT2D eigenvalue weighted by Crippen LogP contribution is -2.41. The quantitative estimate of drug-likeness (QED) is 0.674. The number of hydrogen-bond acceptors (Lipinski definition) is 6. The number of nitrogens with one attached hydrogen (secondary N) is 1. The third kappa shape index (κ3) is 4.42. The number of thiazole rings is 1. The van der Waals surface area contributed by atoms with Crippen LogP contribution >= 0.6 is 11.3 Å². The van der Waals surface area contributed by atoms with Crippen LogP contribution < -0.4 is 15.0 Å². The van der Waals surface area contributed by atoms with E-state index in [1.54, 1.807) is 30.2 Å². The number of aromatic nitrogens is 3. The van der Waals surface area contributed by atoms with Crippen molar-refractivity contribution in [2.24, 2.45) is 13.0 Å². The summed E-state index contributed by atoms with van der Waals surface area (Å²) in [5.74, 6) is 1.09. The van der Waals surface area contributed by atoms with Gasteiger partial charge in [-0.15, -0.1) is 11.3 Å². The fourth-order valence-electron chi connectivity index (χ4n) is 3.71. The molecule has 0 saturated carbocycles. The lowest BCUT2D eigenvalue weighted by atomic mass is 9.98. The Morgan fingerprint density at radius 3 is 3.07 bits per heavy atom. The number of aryl methyl sites for hydroxylation is 1. The molecule has 1 aromatic carbocycles. The normalized spacial score (nSPS) is 16.6. The summed E-state index contributed by atoms with van der Waals surface area (Å²) in [6.07, 6.45) is 4.07. The zero-order valence-electron chi connectivity index (χ0n) is 16.7. The number of hydrogen-bond donors (Lipinski definition) is 1. The first kappa shape index (κ1) is 19.4. The van der Waals surface area contributed by atoms with Crippen LogP contribution in [0.15, 0.2) is 41.9 Å². The minimum Gasteiger partial charge on any atom is -0.497 e. The van der Waals surface area contributed by atoms with Gasteiger partial charge in [-0.05, 0) is 37.0 Å². The number of carbonyl (C=O) groups is 1. The smallest absolute Gasteiger partial charge is 0.269 e. The molecule has 0 bridgehead atoms. The highest BCUT2D eigenvalue weighted by molar-refractivity contribution is 7.13. The largest absolute Gasteiger partial charge is 0.497 e. The molecule has 1 fully saturated rings. The van der Waals surface area contributed by atoms with Crippen molar-refractivity contribution in [2.45, 2.75) is 12.8 Å². The second-order valence-electron chi connectivity index (χ2n) is 7.25. The molecule has 1 amide bonds. The van der Waals surface area contributed by atoms with Crippen LogP contribution in [0.3, 0.4) is 0 Å². The van der Waals surface area contributed by atoms with Gasteiger partial charge in [-0.3, -0.25) is 9.48 Å². The summed E-state index contributed by atoms with van der Waals surface area (Å²) in [4.78, 5) is 19.5. The summed E-state index contributed by atoms with van der Waals surface area (Å²) in [7, 11) is 3.43. The minimum absolute atomic E-state index is 0.0967. The number of anilines is 1. The van der Waals surface area contributed by atoms with E-state index in [0.717, 1.165) is 48.1 Å². The molecule has 1 saturated heterocycles. The summed E-state index contributed by atoms with van der Waals surface area (Å²) < 4.78 is 6.91. The van der Waals surface area contributed by atoms with Gasteiger partial charge in [0.25, 0.3) is 5.91 Å². The van der Waals surface area contributed by atoms with Crippen LogP contribution in [0.5, 0.6) is 5.75 Å². The molecule has 3 aromatic rings. The molecule has 4 rings (SSSR count). The Balaban J connectivity index is 1.39. The van der Waals surface area contributed by atoms with Crippen LogP contribution in [0.4, 0.5) is 5.13 Å². The van der Waals surface area contributed by atoms with E-state index in [-0.39, 0.29) is 5.91 Å². The molecule has 0 aliphatic carbocycles. The summed E-state index contributed by atoms with van der Waals surface area (Å²) in [6, 6.07) is 9.51. The SMILES string of the molecule is COc1cccc(-c2cc(C(=O)NCC3CCCN(c4nccs4)C3)n(C)n2)c1. The van der Waals surface area contributed by atoms with E-state index >= 15 is 0 Å². The molecule has 8 heteroatoms. The Morgan fingerprint density at radius 1 is 1.38 bits per heavy atom. The maximum atomic E-state index is 12.8. The lowest BCUT2D eigenvalue weighted by molar-refractivity contribution is 0.0936. The molecular weight excluding hydrogens is 386 g/mol. The van der Waals surface area contributed by atoms with Crippen molar-refractivity contribution in [3.8, 4) is 17.0 Å². The molecule has 152 valence electrons. The van der Waals surface area contributed by atoms with E-state index in [2.05, 4.69) is 20.3 Å². The average Bonchev–Trinajstić information content (AvgIpc) is 3.42. The van der Waals surface area contributed by atoms with E-state index in [1.165, 1.54) is 0 Å². The molecule has 0 radical (unpaired) electrons. The van der Waals surface area contributed by atoms with Crippen molar-refractivity contribution in [3.05, 3.63) is 47.6 Å². The highest BCUT2D eigenvalue weighted by Gasteiger charge is 2.23. The molecule has 1 aliphatic rings. The number of piperidine rings is 1. The Bertz CT molecular complexity index is 969. The molecule has 29 heavy (non-hydrogen) atoms. The van der Waals surface area contributed by atoms with Gasteiger partial charge in [-0.2, -0.15) is 5.10 Å². The van der Waals surface area contributed by atoms with Crippen molar-refractivity contribution in [3.63, 3.8) is 0 Å². The molecule has 1 unspecified atom stereocenters. The third-order valence-electron chi connectivity index (χ3n) is 5.24.